The minimum atomic E-state index is -0.990. The number of anilines is 1. The number of aryl methyl sites for hydroxylation is 1. The van der Waals surface area contributed by atoms with Crippen molar-refractivity contribution in [1.29, 1.82) is 0 Å². The highest BCUT2D eigenvalue weighted by molar-refractivity contribution is 6.23. The zero-order valence-corrected chi connectivity index (χ0v) is 18.9. The Morgan fingerprint density at radius 1 is 1.06 bits per heavy atom. The Morgan fingerprint density at radius 3 is 2.47 bits per heavy atom. The summed E-state index contributed by atoms with van der Waals surface area (Å²) in [5.74, 6) is -1.30. The number of hydrogen-bond donors (Lipinski definition) is 0. The first-order valence-corrected chi connectivity index (χ1v) is 10.9. The quantitative estimate of drug-likeness (QED) is 0.394. The van der Waals surface area contributed by atoms with Crippen LogP contribution in [-0.4, -0.2) is 41.2 Å². The topological polar surface area (TPSA) is 97.1 Å². The van der Waals surface area contributed by atoms with Crippen molar-refractivity contribution in [2.75, 3.05) is 11.5 Å². The van der Waals surface area contributed by atoms with Crippen LogP contribution in [0, 0.1) is 6.92 Å². The smallest absolute Gasteiger partial charge is 0.338 e. The number of furan rings is 1. The molecule has 0 aliphatic carbocycles. The van der Waals surface area contributed by atoms with Crippen LogP contribution in [0.3, 0.4) is 0 Å². The van der Waals surface area contributed by atoms with Gasteiger partial charge in [-0.25, -0.2) is 9.69 Å². The Bertz CT molecular complexity index is 1220. The average Bonchev–Trinajstić information content (AvgIpc) is 3.44. The number of benzene rings is 2. The monoisotopic (exact) mass is 460 g/mol. The number of amides is 3. The summed E-state index contributed by atoms with van der Waals surface area (Å²) < 4.78 is 10.4. The van der Waals surface area contributed by atoms with Gasteiger partial charge in [0.05, 0.1) is 37.1 Å². The molecular formula is C26H24N2O6. The molecule has 1 fully saturated rings. The lowest BCUT2D eigenvalue weighted by molar-refractivity contribution is -0.122. The molecule has 4 rings (SSSR count). The maximum atomic E-state index is 13.4. The standard InChI is InChI=1S/C26H24N2O6/c1-3-33-26(32)18-9-11-20(12-10-18)28-23(29)15-22(25(28)31)27(16-21-8-5-13-34-21)24(30)19-7-4-6-17(2)14-19/h4-14,22H,3,15-16H2,1-2H3. The molecule has 2 heterocycles. The van der Waals surface area contributed by atoms with Gasteiger partial charge in [-0.05, 0) is 62.4 Å². The third-order valence-electron chi connectivity index (χ3n) is 5.57. The third kappa shape index (κ3) is 4.61. The molecule has 8 heteroatoms. The lowest BCUT2D eigenvalue weighted by atomic mass is 10.1. The van der Waals surface area contributed by atoms with Gasteiger partial charge in [0.25, 0.3) is 11.8 Å². The SMILES string of the molecule is CCOC(=O)c1ccc(N2C(=O)CC(N(Cc3ccco3)C(=O)c3cccc(C)c3)C2=O)cc1. The van der Waals surface area contributed by atoms with Crippen molar-refractivity contribution in [1.82, 2.24) is 4.90 Å². The fraction of sp³-hybridized carbons (Fsp3) is 0.231. The van der Waals surface area contributed by atoms with E-state index in [2.05, 4.69) is 0 Å². The van der Waals surface area contributed by atoms with E-state index in [4.69, 9.17) is 9.15 Å². The third-order valence-corrected chi connectivity index (χ3v) is 5.57. The molecule has 1 aliphatic rings. The summed E-state index contributed by atoms with van der Waals surface area (Å²) in [6.07, 6.45) is 1.33. The minimum absolute atomic E-state index is 0.0408. The summed E-state index contributed by atoms with van der Waals surface area (Å²) in [4.78, 5) is 54.1. The molecule has 34 heavy (non-hydrogen) atoms. The molecule has 1 aliphatic heterocycles. The maximum Gasteiger partial charge on any atom is 0.338 e. The Labute approximate surface area is 196 Å². The second-order valence-corrected chi connectivity index (χ2v) is 7.94. The second-order valence-electron chi connectivity index (χ2n) is 7.94. The van der Waals surface area contributed by atoms with Crippen LogP contribution in [0.25, 0.3) is 0 Å². The molecule has 0 saturated carbocycles. The van der Waals surface area contributed by atoms with Crippen molar-refractivity contribution in [2.24, 2.45) is 0 Å². The first-order chi connectivity index (χ1) is 16.4. The number of hydrogen-bond acceptors (Lipinski definition) is 6. The molecule has 1 atom stereocenters. The number of carbonyl (C=O) groups is 4. The normalized spacial score (nSPS) is 15.5. The molecular weight excluding hydrogens is 436 g/mol. The second kappa shape index (κ2) is 9.74. The molecule has 8 nitrogen and oxygen atoms in total. The number of nitrogens with zero attached hydrogens (tertiary/aromatic N) is 2. The van der Waals surface area contributed by atoms with E-state index in [9.17, 15) is 19.2 Å². The van der Waals surface area contributed by atoms with Gasteiger partial charge < -0.3 is 14.1 Å². The van der Waals surface area contributed by atoms with E-state index < -0.39 is 23.8 Å². The van der Waals surface area contributed by atoms with E-state index in [0.29, 0.717) is 22.6 Å². The van der Waals surface area contributed by atoms with Gasteiger partial charge >= 0.3 is 5.97 Å². The first-order valence-electron chi connectivity index (χ1n) is 10.9. The average molecular weight is 460 g/mol. The largest absolute Gasteiger partial charge is 0.467 e. The van der Waals surface area contributed by atoms with Gasteiger partial charge in [0.15, 0.2) is 0 Å². The van der Waals surface area contributed by atoms with Crippen LogP contribution in [-0.2, 0) is 20.9 Å². The van der Waals surface area contributed by atoms with E-state index >= 15 is 0 Å². The van der Waals surface area contributed by atoms with E-state index in [1.807, 2.05) is 13.0 Å². The van der Waals surface area contributed by atoms with Crippen LogP contribution < -0.4 is 4.90 Å². The molecule has 0 spiro atoms. The van der Waals surface area contributed by atoms with Gasteiger partial charge in [-0.2, -0.15) is 0 Å². The number of rotatable bonds is 7. The van der Waals surface area contributed by atoms with Crippen molar-refractivity contribution < 1.29 is 28.3 Å². The Kier molecular flexibility index (Phi) is 6.58. The van der Waals surface area contributed by atoms with E-state index in [1.54, 1.807) is 37.3 Å². The molecule has 2 aromatic carbocycles. The predicted molar refractivity (Wildman–Crippen MR) is 123 cm³/mol. The van der Waals surface area contributed by atoms with Gasteiger partial charge in [-0.3, -0.25) is 14.4 Å². The highest BCUT2D eigenvalue weighted by Crippen LogP contribution is 2.28. The van der Waals surface area contributed by atoms with E-state index in [1.165, 1.54) is 35.4 Å². The highest BCUT2D eigenvalue weighted by atomic mass is 16.5. The van der Waals surface area contributed by atoms with Gasteiger partial charge in [0, 0.05) is 5.56 Å². The maximum absolute atomic E-state index is 13.4. The first kappa shape index (κ1) is 23.0. The van der Waals surface area contributed by atoms with Gasteiger partial charge in [-0.15, -0.1) is 0 Å². The lowest BCUT2D eigenvalue weighted by Gasteiger charge is -2.27. The highest BCUT2D eigenvalue weighted by Gasteiger charge is 2.44. The molecule has 174 valence electrons. The summed E-state index contributed by atoms with van der Waals surface area (Å²) in [7, 11) is 0. The molecule has 3 aromatic rings. The molecule has 0 N–H and O–H groups in total. The zero-order chi connectivity index (χ0) is 24.2. The number of carbonyl (C=O) groups excluding carboxylic acids is 4. The van der Waals surface area contributed by atoms with Gasteiger partial charge in [0.1, 0.15) is 11.8 Å². The van der Waals surface area contributed by atoms with Gasteiger partial charge in [0.2, 0.25) is 5.91 Å². The summed E-state index contributed by atoms with van der Waals surface area (Å²) in [5.41, 5.74) is 1.96. The van der Waals surface area contributed by atoms with Crippen LogP contribution in [0.5, 0.6) is 0 Å². The lowest BCUT2D eigenvalue weighted by Crippen LogP contribution is -2.45. The number of ether oxygens (including phenoxy) is 1. The van der Waals surface area contributed by atoms with E-state index in [0.717, 1.165) is 10.5 Å². The van der Waals surface area contributed by atoms with Crippen LogP contribution in [0.4, 0.5) is 5.69 Å². The Hall–Kier alpha value is -4.20. The van der Waals surface area contributed by atoms with Crippen molar-refractivity contribution in [3.63, 3.8) is 0 Å². The van der Waals surface area contributed by atoms with Crippen LogP contribution >= 0.6 is 0 Å². The molecule has 0 radical (unpaired) electrons. The summed E-state index contributed by atoms with van der Waals surface area (Å²) in [5, 5.41) is 0. The Balaban J connectivity index is 1.62. The zero-order valence-electron chi connectivity index (χ0n) is 18.9. The van der Waals surface area contributed by atoms with Crippen molar-refractivity contribution in [3.05, 3.63) is 89.4 Å². The molecule has 0 bridgehead atoms. The van der Waals surface area contributed by atoms with Gasteiger partial charge in [-0.1, -0.05) is 17.7 Å². The summed E-state index contributed by atoms with van der Waals surface area (Å²) in [6, 6.07) is 15.5. The number of imide groups is 1. The molecule has 1 saturated heterocycles. The molecule has 1 aromatic heterocycles. The predicted octanol–water partition coefficient (Wildman–Crippen LogP) is 3.74. The summed E-state index contributed by atoms with van der Waals surface area (Å²) >= 11 is 0. The fourth-order valence-electron chi connectivity index (χ4n) is 3.93. The van der Waals surface area contributed by atoms with Crippen LogP contribution in [0.2, 0.25) is 0 Å². The Morgan fingerprint density at radius 2 is 1.82 bits per heavy atom. The fourth-order valence-corrected chi connectivity index (χ4v) is 3.93. The van der Waals surface area contributed by atoms with Crippen LogP contribution in [0.1, 0.15) is 45.4 Å². The van der Waals surface area contributed by atoms with Crippen molar-refractivity contribution in [2.45, 2.75) is 32.9 Å². The molecule has 3 amide bonds. The van der Waals surface area contributed by atoms with E-state index in [-0.39, 0.29) is 25.5 Å². The minimum Gasteiger partial charge on any atom is -0.467 e. The van der Waals surface area contributed by atoms with Crippen molar-refractivity contribution in [3.8, 4) is 0 Å². The van der Waals surface area contributed by atoms with Crippen molar-refractivity contribution >= 4 is 29.4 Å². The molecule has 1 unspecified atom stereocenters. The number of esters is 1. The van der Waals surface area contributed by atoms with Crippen LogP contribution in [0.15, 0.2) is 71.3 Å². The summed E-state index contributed by atoms with van der Waals surface area (Å²) in [6.45, 7) is 3.87.